The van der Waals surface area contributed by atoms with Crippen LogP contribution >= 0.6 is 0 Å². The van der Waals surface area contributed by atoms with Gasteiger partial charge in [-0.3, -0.25) is 0 Å². The number of fused-ring (bicyclic) bond motifs is 4. The molecular weight excluding hydrogens is 862 g/mol. The first-order valence-corrected chi connectivity index (χ1v) is 26.5. The topological polar surface area (TPSA) is 9.72 Å². The molecule has 0 amide bonds. The van der Waals surface area contributed by atoms with Crippen molar-refractivity contribution >= 4 is 103 Å². The summed E-state index contributed by atoms with van der Waals surface area (Å²) in [6.07, 6.45) is 0. The van der Waals surface area contributed by atoms with Crippen LogP contribution in [0.4, 0.5) is 51.2 Å². The van der Waals surface area contributed by atoms with Crippen LogP contribution in [0, 0.1) is 34.6 Å². The smallest absolute Gasteiger partial charge is 0.252 e. The van der Waals surface area contributed by atoms with E-state index >= 15 is 0 Å². The van der Waals surface area contributed by atoms with Crippen LogP contribution in [0.5, 0.6) is 0 Å². The second kappa shape index (κ2) is 17.4. The zero-order chi connectivity index (χ0) is 47.5. The van der Waals surface area contributed by atoms with Gasteiger partial charge in [-0.2, -0.15) is 0 Å². The van der Waals surface area contributed by atoms with E-state index in [0.29, 0.717) is 0 Å². The fourth-order valence-electron chi connectivity index (χ4n) is 11.8. The Balaban J connectivity index is 1.20. The standard InChI is InChI=1S/C65H54BN3Si/c1-45-31-36-59(48(4)39-45)68-61-38-34-56(70(53-25-15-8-16-26-53,54-27-17-9-18-28-54)55-29-19-10-20-30-55)44-58(61)66-57-35-33-52(67(50-21-11-6-12-22-50)51-23-13-7-14-24-51)43-62(57)69(60-37-32-46(2)40-49(60)5)64-42-47(3)41-63(68)65(64)66/h6-44H,1-5H3. The normalized spacial score (nSPS) is 12.6. The lowest BCUT2D eigenvalue weighted by atomic mass is 9.33. The van der Waals surface area contributed by atoms with E-state index in [2.05, 4.69) is 286 Å². The summed E-state index contributed by atoms with van der Waals surface area (Å²) in [5.74, 6) is 0. The van der Waals surface area contributed by atoms with Crippen LogP contribution in [0.15, 0.2) is 237 Å². The zero-order valence-corrected chi connectivity index (χ0v) is 41.4. The SMILES string of the molecule is Cc1ccc(N2c3ccc([Si](c4ccccc4)(c4ccccc4)c4ccccc4)cc3B3c4ccc(N(c5ccccc5)c5ccccc5)cc4N(c4ccc(C)cc4C)c4cc(C)cc2c43)c(C)c1. The van der Waals surface area contributed by atoms with Crippen LogP contribution in [0.1, 0.15) is 27.8 Å². The van der Waals surface area contributed by atoms with E-state index in [1.54, 1.807) is 0 Å². The van der Waals surface area contributed by atoms with Gasteiger partial charge in [0.15, 0.2) is 8.07 Å². The lowest BCUT2D eigenvalue weighted by molar-refractivity contribution is 1.20. The highest BCUT2D eigenvalue weighted by molar-refractivity contribution is 7.20. The summed E-state index contributed by atoms with van der Waals surface area (Å²) in [4.78, 5) is 7.56. The highest BCUT2D eigenvalue weighted by Crippen LogP contribution is 2.47. The van der Waals surface area contributed by atoms with Crippen LogP contribution in [-0.2, 0) is 0 Å². The molecule has 3 nitrogen and oxygen atoms in total. The summed E-state index contributed by atoms with van der Waals surface area (Å²) in [7, 11) is -2.92. The predicted octanol–water partition coefficient (Wildman–Crippen LogP) is 12.2. The number of para-hydroxylation sites is 2. The number of anilines is 9. The molecule has 0 aliphatic carbocycles. The van der Waals surface area contributed by atoms with Crippen LogP contribution in [0.3, 0.4) is 0 Å². The maximum atomic E-state index is 2.63. The first-order valence-electron chi connectivity index (χ1n) is 24.5. The number of benzene rings is 10. The summed E-state index contributed by atoms with van der Waals surface area (Å²) in [5.41, 5.74) is 20.7. The van der Waals surface area contributed by atoms with Crippen molar-refractivity contribution in [3.63, 3.8) is 0 Å². The van der Waals surface area contributed by atoms with Gasteiger partial charge in [0, 0.05) is 51.2 Å². The van der Waals surface area contributed by atoms with Crippen LogP contribution in [0.25, 0.3) is 0 Å². The Labute approximate surface area is 414 Å². The lowest BCUT2D eigenvalue weighted by Gasteiger charge is -2.46. The van der Waals surface area contributed by atoms with Crippen molar-refractivity contribution < 1.29 is 0 Å². The van der Waals surface area contributed by atoms with Crippen molar-refractivity contribution in [2.45, 2.75) is 34.6 Å². The summed E-state index contributed by atoms with van der Waals surface area (Å²) in [6.45, 7) is 11.1. The van der Waals surface area contributed by atoms with E-state index in [4.69, 9.17) is 0 Å². The Kier molecular flexibility index (Phi) is 10.8. The summed E-state index contributed by atoms with van der Waals surface area (Å²) in [6, 6.07) is 89.1. The monoisotopic (exact) mass is 915 g/mol. The Morgan fingerprint density at radius 2 is 0.757 bits per heavy atom. The predicted molar refractivity (Wildman–Crippen MR) is 302 cm³/mol. The first-order chi connectivity index (χ1) is 34.3. The molecule has 5 heteroatoms. The number of nitrogens with zero attached hydrogens (tertiary/aromatic N) is 3. The molecule has 2 heterocycles. The van der Waals surface area contributed by atoms with E-state index in [1.807, 2.05) is 0 Å². The number of hydrogen-bond donors (Lipinski definition) is 0. The van der Waals surface area contributed by atoms with Crippen molar-refractivity contribution in [1.82, 2.24) is 0 Å². The van der Waals surface area contributed by atoms with Gasteiger partial charge < -0.3 is 14.7 Å². The minimum absolute atomic E-state index is 0.0791. The number of hydrogen-bond acceptors (Lipinski definition) is 3. The minimum atomic E-state index is -2.92. The van der Waals surface area contributed by atoms with Gasteiger partial charge in [0.2, 0.25) is 0 Å². The molecule has 0 saturated carbocycles. The maximum absolute atomic E-state index is 2.92. The Hall–Kier alpha value is -8.12. The van der Waals surface area contributed by atoms with Crippen LogP contribution < -0.4 is 51.8 Å². The molecule has 10 aromatic carbocycles. The van der Waals surface area contributed by atoms with E-state index in [1.165, 1.54) is 99.1 Å². The molecule has 2 aliphatic heterocycles. The molecule has 0 fully saturated rings. The molecule has 336 valence electrons. The van der Waals surface area contributed by atoms with E-state index in [0.717, 1.165) is 17.1 Å². The van der Waals surface area contributed by atoms with Crippen molar-refractivity contribution in [2.75, 3.05) is 14.7 Å². The van der Waals surface area contributed by atoms with Gasteiger partial charge >= 0.3 is 0 Å². The largest absolute Gasteiger partial charge is 0.311 e. The van der Waals surface area contributed by atoms with Crippen molar-refractivity contribution in [3.8, 4) is 0 Å². The summed E-state index contributed by atoms with van der Waals surface area (Å²) < 4.78 is 0. The third kappa shape index (κ3) is 7.03. The second-order valence-electron chi connectivity index (χ2n) is 19.3. The van der Waals surface area contributed by atoms with Crippen LogP contribution in [0.2, 0.25) is 0 Å². The van der Waals surface area contributed by atoms with Crippen molar-refractivity contribution in [3.05, 3.63) is 264 Å². The zero-order valence-electron chi connectivity index (χ0n) is 40.4. The molecule has 0 aromatic heterocycles. The van der Waals surface area contributed by atoms with Crippen molar-refractivity contribution in [1.29, 1.82) is 0 Å². The summed E-state index contributed by atoms with van der Waals surface area (Å²) in [5, 5.41) is 5.45. The number of aryl methyl sites for hydroxylation is 5. The van der Waals surface area contributed by atoms with Crippen LogP contribution in [-0.4, -0.2) is 14.8 Å². The average Bonchev–Trinajstić information content (AvgIpc) is 3.39. The van der Waals surface area contributed by atoms with E-state index in [-0.39, 0.29) is 6.71 Å². The van der Waals surface area contributed by atoms with E-state index in [9.17, 15) is 0 Å². The first kappa shape index (κ1) is 43.2. The molecule has 70 heavy (non-hydrogen) atoms. The van der Waals surface area contributed by atoms with Gasteiger partial charge in [-0.15, -0.1) is 0 Å². The fraction of sp³-hybridized carbons (Fsp3) is 0.0769. The number of rotatable bonds is 9. The fourth-order valence-corrected chi connectivity index (χ4v) is 16.6. The van der Waals surface area contributed by atoms with Gasteiger partial charge in [-0.25, -0.2) is 0 Å². The highest BCUT2D eigenvalue weighted by atomic mass is 28.3. The summed E-state index contributed by atoms with van der Waals surface area (Å²) >= 11 is 0. The molecule has 2 aliphatic rings. The third-order valence-electron chi connectivity index (χ3n) is 14.7. The lowest BCUT2D eigenvalue weighted by Crippen LogP contribution is -2.75. The Morgan fingerprint density at radius 3 is 1.23 bits per heavy atom. The third-order valence-corrected chi connectivity index (χ3v) is 19.5. The maximum Gasteiger partial charge on any atom is 0.252 e. The van der Waals surface area contributed by atoms with Crippen molar-refractivity contribution in [2.24, 2.45) is 0 Å². The molecule has 0 bridgehead atoms. The molecule has 10 aromatic rings. The van der Waals surface area contributed by atoms with Gasteiger partial charge in [0.25, 0.3) is 6.71 Å². The molecule has 12 rings (SSSR count). The average molecular weight is 916 g/mol. The second-order valence-corrected chi connectivity index (χ2v) is 23.1. The molecule has 0 saturated heterocycles. The van der Waals surface area contributed by atoms with E-state index < -0.39 is 8.07 Å². The van der Waals surface area contributed by atoms with Gasteiger partial charge in [0.05, 0.1) is 0 Å². The minimum Gasteiger partial charge on any atom is -0.311 e. The molecule has 0 N–H and O–H groups in total. The van der Waals surface area contributed by atoms with Gasteiger partial charge in [-0.05, 0) is 155 Å². The Morgan fingerprint density at radius 1 is 0.314 bits per heavy atom. The molecule has 0 unspecified atom stereocenters. The molecular formula is C65H54BN3Si. The molecule has 0 spiro atoms. The highest BCUT2D eigenvalue weighted by Gasteiger charge is 2.47. The molecule has 0 atom stereocenters. The quantitative estimate of drug-likeness (QED) is 0.106. The Bertz CT molecular complexity index is 3430. The van der Waals surface area contributed by atoms with Gasteiger partial charge in [-0.1, -0.05) is 181 Å². The molecule has 0 radical (unpaired) electrons. The van der Waals surface area contributed by atoms with Gasteiger partial charge in [0.1, 0.15) is 0 Å².